The number of anilines is 2. The fraction of sp³-hybridized carbons (Fsp3) is 0.304. The van der Waals surface area contributed by atoms with Crippen LogP contribution in [0.25, 0.3) is 10.9 Å². The number of carbonyl (C=O) groups excluding carboxylic acids is 1. The summed E-state index contributed by atoms with van der Waals surface area (Å²) in [6.07, 6.45) is 4.94. The van der Waals surface area contributed by atoms with Gasteiger partial charge in [-0.25, -0.2) is 0 Å². The average Bonchev–Trinajstić information content (AvgIpc) is 3.56. The number of rotatable bonds is 7. The molecule has 3 aromatic rings. The number of fused-ring (bicyclic) bond motifs is 1. The minimum atomic E-state index is -0.0967. The number of nitrogens with zero attached hydrogens (tertiary/aromatic N) is 1. The highest BCUT2D eigenvalue weighted by Gasteiger charge is 2.23. The Labute approximate surface area is 165 Å². The lowest BCUT2D eigenvalue weighted by Crippen LogP contribution is -2.26. The van der Waals surface area contributed by atoms with Gasteiger partial charge >= 0.3 is 0 Å². The molecule has 1 fully saturated rings. The number of para-hydroxylation sites is 2. The molecule has 0 radical (unpaired) electrons. The summed E-state index contributed by atoms with van der Waals surface area (Å²) in [6.45, 7) is 2.84. The monoisotopic (exact) mass is 375 g/mol. The summed E-state index contributed by atoms with van der Waals surface area (Å²) in [6, 6.07) is 13.9. The van der Waals surface area contributed by atoms with Gasteiger partial charge in [-0.15, -0.1) is 0 Å². The third-order valence-electron chi connectivity index (χ3n) is 5.23. The lowest BCUT2D eigenvalue weighted by Gasteiger charge is -2.17. The van der Waals surface area contributed by atoms with Crippen molar-refractivity contribution in [2.75, 3.05) is 19.0 Å². The van der Waals surface area contributed by atoms with E-state index >= 15 is 0 Å². The molecule has 0 saturated heterocycles. The minimum Gasteiger partial charge on any atom is -0.494 e. The molecular weight excluding hydrogens is 350 g/mol. The Morgan fingerprint density at radius 1 is 1.18 bits per heavy atom. The molecular formula is C23H25N3O2. The van der Waals surface area contributed by atoms with E-state index in [2.05, 4.69) is 28.6 Å². The molecule has 1 saturated carbocycles. The van der Waals surface area contributed by atoms with Crippen molar-refractivity contribution in [3.05, 3.63) is 59.8 Å². The molecule has 2 N–H and O–H groups in total. The van der Waals surface area contributed by atoms with Gasteiger partial charge < -0.3 is 15.4 Å². The topological polar surface area (TPSA) is 63.2 Å². The standard InChI is InChI=1S/C23H25N3O2/c1-3-16-7-4-5-9-19(16)26-21-17-8-6-10-20(28-2)22(17)24-14-18(21)23(27)25-13-15-11-12-15/h4-10,14-15H,3,11-13H2,1-2H3,(H,24,26)(H,25,27). The summed E-state index contributed by atoms with van der Waals surface area (Å²) >= 11 is 0. The molecule has 1 amide bonds. The fourth-order valence-electron chi connectivity index (χ4n) is 3.41. The predicted octanol–water partition coefficient (Wildman–Crippen LogP) is 4.69. The Morgan fingerprint density at radius 2 is 2.00 bits per heavy atom. The van der Waals surface area contributed by atoms with Crippen LogP contribution in [-0.2, 0) is 6.42 Å². The number of benzene rings is 2. The van der Waals surface area contributed by atoms with Crippen LogP contribution in [0.3, 0.4) is 0 Å². The summed E-state index contributed by atoms with van der Waals surface area (Å²) in [5.74, 6) is 1.21. The van der Waals surface area contributed by atoms with Gasteiger partial charge in [0.15, 0.2) is 0 Å². The van der Waals surface area contributed by atoms with Crippen LogP contribution in [0.4, 0.5) is 11.4 Å². The normalized spacial score (nSPS) is 13.4. The molecule has 0 atom stereocenters. The van der Waals surface area contributed by atoms with Crippen molar-refractivity contribution in [1.82, 2.24) is 10.3 Å². The van der Waals surface area contributed by atoms with Crippen LogP contribution in [0.1, 0.15) is 35.7 Å². The van der Waals surface area contributed by atoms with Crippen LogP contribution >= 0.6 is 0 Å². The molecule has 1 aromatic heterocycles. The molecule has 5 nitrogen and oxygen atoms in total. The van der Waals surface area contributed by atoms with Gasteiger partial charge in [-0.1, -0.05) is 37.3 Å². The van der Waals surface area contributed by atoms with Gasteiger partial charge in [-0.05, 0) is 42.9 Å². The van der Waals surface area contributed by atoms with Crippen LogP contribution < -0.4 is 15.4 Å². The highest BCUT2D eigenvalue weighted by Crippen LogP contribution is 2.34. The van der Waals surface area contributed by atoms with E-state index in [9.17, 15) is 4.79 Å². The van der Waals surface area contributed by atoms with Crippen LogP contribution in [0.5, 0.6) is 5.75 Å². The number of hydrogen-bond acceptors (Lipinski definition) is 4. The van der Waals surface area contributed by atoms with Crippen molar-refractivity contribution in [2.24, 2.45) is 5.92 Å². The molecule has 2 aromatic carbocycles. The van der Waals surface area contributed by atoms with Crippen molar-refractivity contribution in [2.45, 2.75) is 26.2 Å². The van der Waals surface area contributed by atoms with Gasteiger partial charge in [0.2, 0.25) is 0 Å². The molecule has 0 bridgehead atoms. The fourth-order valence-corrected chi connectivity index (χ4v) is 3.41. The largest absolute Gasteiger partial charge is 0.494 e. The number of ether oxygens (including phenoxy) is 1. The van der Waals surface area contributed by atoms with E-state index in [0.29, 0.717) is 17.2 Å². The Balaban J connectivity index is 1.81. The van der Waals surface area contributed by atoms with E-state index in [0.717, 1.165) is 35.2 Å². The Bertz CT molecular complexity index is 1010. The van der Waals surface area contributed by atoms with Gasteiger partial charge in [0, 0.05) is 23.8 Å². The summed E-state index contributed by atoms with van der Waals surface area (Å²) in [5.41, 5.74) is 4.24. The smallest absolute Gasteiger partial charge is 0.255 e. The van der Waals surface area contributed by atoms with Gasteiger partial charge in [0.05, 0.1) is 18.4 Å². The third kappa shape index (κ3) is 3.65. The van der Waals surface area contributed by atoms with Gasteiger partial charge in [-0.2, -0.15) is 0 Å². The molecule has 144 valence electrons. The first-order valence-electron chi connectivity index (χ1n) is 9.80. The zero-order valence-electron chi connectivity index (χ0n) is 16.3. The third-order valence-corrected chi connectivity index (χ3v) is 5.23. The maximum absolute atomic E-state index is 12.9. The minimum absolute atomic E-state index is 0.0967. The van der Waals surface area contributed by atoms with E-state index in [1.807, 2.05) is 36.4 Å². The van der Waals surface area contributed by atoms with Crippen molar-refractivity contribution in [3.63, 3.8) is 0 Å². The Hall–Kier alpha value is -3.08. The molecule has 1 aliphatic rings. The van der Waals surface area contributed by atoms with E-state index in [4.69, 9.17) is 4.74 Å². The zero-order valence-corrected chi connectivity index (χ0v) is 16.3. The van der Waals surface area contributed by atoms with Crippen molar-refractivity contribution < 1.29 is 9.53 Å². The molecule has 1 aliphatic carbocycles. The van der Waals surface area contributed by atoms with E-state index in [1.54, 1.807) is 13.3 Å². The van der Waals surface area contributed by atoms with Crippen LogP contribution in [0.15, 0.2) is 48.7 Å². The second-order valence-corrected chi connectivity index (χ2v) is 7.19. The quantitative estimate of drug-likeness (QED) is 0.629. The number of hydrogen-bond donors (Lipinski definition) is 2. The highest BCUT2D eigenvalue weighted by molar-refractivity contribution is 6.09. The number of pyridine rings is 1. The van der Waals surface area contributed by atoms with E-state index in [-0.39, 0.29) is 5.91 Å². The van der Waals surface area contributed by atoms with Gasteiger partial charge in [0.25, 0.3) is 5.91 Å². The SMILES string of the molecule is CCc1ccccc1Nc1c(C(=O)NCC2CC2)cnc2c(OC)cccc12. The van der Waals surface area contributed by atoms with Crippen LogP contribution in [0.2, 0.25) is 0 Å². The number of amides is 1. The first-order chi connectivity index (χ1) is 13.7. The van der Waals surface area contributed by atoms with Gasteiger partial charge in [0.1, 0.15) is 11.3 Å². The first kappa shape index (κ1) is 18.3. The second kappa shape index (κ2) is 7.89. The summed E-state index contributed by atoms with van der Waals surface area (Å²) < 4.78 is 5.47. The number of methoxy groups -OCH3 is 1. The molecule has 28 heavy (non-hydrogen) atoms. The number of carbonyl (C=O) groups is 1. The first-order valence-corrected chi connectivity index (χ1v) is 9.80. The Kier molecular flexibility index (Phi) is 5.15. The average molecular weight is 375 g/mol. The van der Waals surface area contributed by atoms with Crippen molar-refractivity contribution >= 4 is 28.2 Å². The highest BCUT2D eigenvalue weighted by atomic mass is 16.5. The van der Waals surface area contributed by atoms with Gasteiger partial charge in [-0.3, -0.25) is 9.78 Å². The molecule has 1 heterocycles. The van der Waals surface area contributed by atoms with Crippen LogP contribution in [-0.4, -0.2) is 24.5 Å². The number of nitrogens with one attached hydrogen (secondary N) is 2. The number of aromatic nitrogens is 1. The molecule has 5 heteroatoms. The van der Waals surface area contributed by atoms with E-state index < -0.39 is 0 Å². The molecule has 0 unspecified atom stereocenters. The number of aryl methyl sites for hydroxylation is 1. The van der Waals surface area contributed by atoms with Crippen molar-refractivity contribution in [1.29, 1.82) is 0 Å². The van der Waals surface area contributed by atoms with Crippen LogP contribution in [0, 0.1) is 5.92 Å². The molecule has 4 rings (SSSR count). The summed E-state index contributed by atoms with van der Waals surface area (Å²) in [7, 11) is 1.63. The maximum atomic E-state index is 12.9. The second-order valence-electron chi connectivity index (χ2n) is 7.19. The lowest BCUT2D eigenvalue weighted by molar-refractivity contribution is 0.0952. The lowest BCUT2D eigenvalue weighted by atomic mass is 10.1. The van der Waals surface area contributed by atoms with Crippen molar-refractivity contribution in [3.8, 4) is 5.75 Å². The maximum Gasteiger partial charge on any atom is 0.255 e. The molecule has 0 aliphatic heterocycles. The van der Waals surface area contributed by atoms with E-state index in [1.165, 1.54) is 18.4 Å². The Morgan fingerprint density at radius 3 is 2.75 bits per heavy atom. The zero-order chi connectivity index (χ0) is 19.5. The predicted molar refractivity (Wildman–Crippen MR) is 112 cm³/mol. The summed E-state index contributed by atoms with van der Waals surface area (Å²) in [4.78, 5) is 17.5. The summed E-state index contributed by atoms with van der Waals surface area (Å²) in [5, 5.41) is 7.44. The molecule has 0 spiro atoms.